The zero-order chi connectivity index (χ0) is 11.1. The fourth-order valence-electron chi connectivity index (χ4n) is 1.53. The third kappa shape index (κ3) is 2.32. The summed E-state index contributed by atoms with van der Waals surface area (Å²) >= 11 is 7.05. The van der Waals surface area contributed by atoms with Crippen molar-refractivity contribution in [1.29, 1.82) is 0 Å². The molecular formula is C10H13ClN2OS. The molecule has 1 amide bonds. The molecule has 1 aliphatic carbocycles. The van der Waals surface area contributed by atoms with Gasteiger partial charge in [-0.2, -0.15) is 0 Å². The summed E-state index contributed by atoms with van der Waals surface area (Å²) in [6.45, 7) is 4.20. The van der Waals surface area contributed by atoms with Crippen LogP contribution < -0.4 is 5.32 Å². The summed E-state index contributed by atoms with van der Waals surface area (Å²) in [7, 11) is 0. The van der Waals surface area contributed by atoms with E-state index in [1.807, 2.05) is 5.38 Å². The van der Waals surface area contributed by atoms with Crippen LogP contribution in [0.2, 0.25) is 0 Å². The third-order valence-corrected chi connectivity index (χ3v) is 3.83. The van der Waals surface area contributed by atoms with Crippen molar-refractivity contribution in [3.8, 4) is 0 Å². The van der Waals surface area contributed by atoms with Crippen LogP contribution in [0.15, 0.2) is 5.38 Å². The number of hydrogen-bond donors (Lipinski definition) is 1. The van der Waals surface area contributed by atoms with Crippen molar-refractivity contribution in [2.45, 2.75) is 26.1 Å². The van der Waals surface area contributed by atoms with E-state index in [-0.39, 0.29) is 17.2 Å². The summed E-state index contributed by atoms with van der Waals surface area (Å²) in [6.07, 6.45) is 0.965. The van der Waals surface area contributed by atoms with E-state index < -0.39 is 0 Å². The molecule has 15 heavy (non-hydrogen) atoms. The van der Waals surface area contributed by atoms with Gasteiger partial charge in [-0.05, 0) is 11.8 Å². The van der Waals surface area contributed by atoms with Crippen molar-refractivity contribution in [2.75, 3.05) is 5.32 Å². The highest BCUT2D eigenvalue weighted by Crippen LogP contribution is 2.52. The SMILES string of the molecule is CC1(C)CC1C(=O)Nc1nc(CCl)cs1. The summed E-state index contributed by atoms with van der Waals surface area (Å²) in [5.41, 5.74) is 0.975. The lowest BCUT2D eigenvalue weighted by Crippen LogP contribution is -2.16. The molecule has 0 spiro atoms. The maximum absolute atomic E-state index is 11.7. The minimum atomic E-state index is 0.0791. The summed E-state index contributed by atoms with van der Waals surface area (Å²) in [5.74, 6) is 0.609. The molecule has 1 fully saturated rings. The Morgan fingerprint density at radius 3 is 2.93 bits per heavy atom. The van der Waals surface area contributed by atoms with Crippen LogP contribution in [0, 0.1) is 11.3 Å². The van der Waals surface area contributed by atoms with Gasteiger partial charge in [-0.25, -0.2) is 4.98 Å². The van der Waals surface area contributed by atoms with Crippen molar-refractivity contribution in [3.63, 3.8) is 0 Å². The molecule has 1 aromatic rings. The fraction of sp³-hybridized carbons (Fsp3) is 0.600. The van der Waals surface area contributed by atoms with Gasteiger partial charge >= 0.3 is 0 Å². The number of carbonyl (C=O) groups excluding carboxylic acids is 1. The van der Waals surface area contributed by atoms with E-state index in [4.69, 9.17) is 11.6 Å². The number of aromatic nitrogens is 1. The molecule has 1 N–H and O–H groups in total. The summed E-state index contributed by atoms with van der Waals surface area (Å²) < 4.78 is 0. The van der Waals surface area contributed by atoms with Gasteiger partial charge in [-0.1, -0.05) is 13.8 Å². The van der Waals surface area contributed by atoms with Crippen molar-refractivity contribution in [3.05, 3.63) is 11.1 Å². The molecule has 3 nitrogen and oxygen atoms in total. The van der Waals surface area contributed by atoms with Crippen LogP contribution in [0.1, 0.15) is 26.0 Å². The molecule has 1 saturated carbocycles. The number of halogens is 1. The second-order valence-electron chi connectivity index (χ2n) is 4.51. The maximum atomic E-state index is 11.7. The molecule has 1 unspecified atom stereocenters. The Balaban J connectivity index is 1.95. The van der Waals surface area contributed by atoms with Gasteiger partial charge in [0.15, 0.2) is 5.13 Å². The summed E-state index contributed by atoms with van der Waals surface area (Å²) in [4.78, 5) is 15.9. The molecule has 0 bridgehead atoms. The number of anilines is 1. The number of nitrogens with zero attached hydrogens (tertiary/aromatic N) is 1. The molecule has 0 radical (unpaired) electrons. The van der Waals surface area contributed by atoms with Crippen LogP contribution in [-0.2, 0) is 10.7 Å². The number of alkyl halides is 1. The highest BCUT2D eigenvalue weighted by Gasteiger charge is 2.50. The van der Waals surface area contributed by atoms with Gasteiger partial charge in [0, 0.05) is 11.3 Å². The topological polar surface area (TPSA) is 42.0 Å². The van der Waals surface area contributed by atoms with E-state index in [1.165, 1.54) is 11.3 Å². The van der Waals surface area contributed by atoms with Crippen molar-refractivity contribution in [1.82, 2.24) is 4.98 Å². The molecule has 1 aliphatic rings. The lowest BCUT2D eigenvalue weighted by Gasteiger charge is -2.02. The molecule has 0 aromatic carbocycles. The van der Waals surface area contributed by atoms with E-state index in [1.54, 1.807) is 0 Å². The van der Waals surface area contributed by atoms with Crippen molar-refractivity contribution in [2.24, 2.45) is 11.3 Å². The van der Waals surface area contributed by atoms with E-state index in [0.717, 1.165) is 12.1 Å². The van der Waals surface area contributed by atoms with Crippen molar-refractivity contribution < 1.29 is 4.79 Å². The zero-order valence-corrected chi connectivity index (χ0v) is 10.3. The van der Waals surface area contributed by atoms with Gasteiger partial charge in [0.2, 0.25) is 5.91 Å². The van der Waals surface area contributed by atoms with Gasteiger partial charge in [0.25, 0.3) is 0 Å². The molecular weight excluding hydrogens is 232 g/mol. The number of carbonyl (C=O) groups is 1. The Hall–Kier alpha value is -0.610. The Bertz CT molecular complexity index is 389. The monoisotopic (exact) mass is 244 g/mol. The fourth-order valence-corrected chi connectivity index (χ4v) is 2.47. The van der Waals surface area contributed by atoms with Crippen LogP contribution >= 0.6 is 22.9 Å². The van der Waals surface area contributed by atoms with Crippen LogP contribution in [-0.4, -0.2) is 10.9 Å². The highest BCUT2D eigenvalue weighted by atomic mass is 35.5. The molecule has 0 saturated heterocycles. The Morgan fingerprint density at radius 2 is 2.47 bits per heavy atom. The molecule has 1 aromatic heterocycles. The number of amides is 1. The van der Waals surface area contributed by atoms with E-state index >= 15 is 0 Å². The molecule has 0 aliphatic heterocycles. The van der Waals surface area contributed by atoms with Crippen LogP contribution in [0.4, 0.5) is 5.13 Å². The Labute approximate surface area is 97.9 Å². The maximum Gasteiger partial charge on any atom is 0.229 e. The normalized spacial score (nSPS) is 22.5. The Kier molecular flexibility index (Phi) is 2.73. The quantitative estimate of drug-likeness (QED) is 0.831. The molecule has 82 valence electrons. The second-order valence-corrected chi connectivity index (χ2v) is 5.64. The predicted octanol–water partition coefficient (Wildman–Crippen LogP) is 2.87. The van der Waals surface area contributed by atoms with Crippen LogP contribution in [0.25, 0.3) is 0 Å². The number of hydrogen-bond acceptors (Lipinski definition) is 3. The van der Waals surface area contributed by atoms with Crippen LogP contribution in [0.5, 0.6) is 0 Å². The first kappa shape index (κ1) is 10.9. The predicted molar refractivity (Wildman–Crippen MR) is 62.2 cm³/mol. The average molecular weight is 245 g/mol. The van der Waals surface area contributed by atoms with Crippen LogP contribution in [0.3, 0.4) is 0 Å². The first-order valence-corrected chi connectivity index (χ1v) is 6.25. The molecule has 1 atom stereocenters. The highest BCUT2D eigenvalue weighted by molar-refractivity contribution is 7.13. The first-order valence-electron chi connectivity index (χ1n) is 4.84. The number of nitrogens with one attached hydrogen (secondary N) is 1. The lowest BCUT2D eigenvalue weighted by atomic mass is 10.1. The minimum absolute atomic E-state index is 0.0791. The standard InChI is InChI=1S/C10H13ClN2OS/c1-10(2)3-7(10)8(14)13-9-12-6(4-11)5-15-9/h5,7H,3-4H2,1-2H3,(H,12,13,14). The number of thiazole rings is 1. The van der Waals surface area contributed by atoms with Gasteiger partial charge in [0.05, 0.1) is 11.6 Å². The van der Waals surface area contributed by atoms with Gasteiger partial charge in [0.1, 0.15) is 0 Å². The smallest absolute Gasteiger partial charge is 0.229 e. The minimum Gasteiger partial charge on any atom is -0.302 e. The zero-order valence-electron chi connectivity index (χ0n) is 8.71. The number of rotatable bonds is 3. The van der Waals surface area contributed by atoms with E-state index in [2.05, 4.69) is 24.1 Å². The molecule has 1 heterocycles. The second kappa shape index (κ2) is 3.76. The van der Waals surface area contributed by atoms with Gasteiger partial charge < -0.3 is 5.32 Å². The van der Waals surface area contributed by atoms with Gasteiger partial charge in [-0.3, -0.25) is 4.79 Å². The van der Waals surface area contributed by atoms with E-state index in [0.29, 0.717) is 11.0 Å². The first-order chi connectivity index (χ1) is 7.03. The molecule has 5 heteroatoms. The van der Waals surface area contributed by atoms with Crippen molar-refractivity contribution >= 4 is 34.0 Å². The lowest BCUT2D eigenvalue weighted by molar-refractivity contribution is -0.117. The summed E-state index contributed by atoms with van der Waals surface area (Å²) in [6, 6.07) is 0. The largest absolute Gasteiger partial charge is 0.302 e. The Morgan fingerprint density at radius 1 is 1.80 bits per heavy atom. The molecule has 2 rings (SSSR count). The third-order valence-electron chi connectivity index (χ3n) is 2.75. The summed E-state index contributed by atoms with van der Waals surface area (Å²) in [5, 5.41) is 5.34. The average Bonchev–Trinajstić information content (AvgIpc) is 2.62. The van der Waals surface area contributed by atoms with Gasteiger partial charge in [-0.15, -0.1) is 22.9 Å². The van der Waals surface area contributed by atoms with E-state index in [9.17, 15) is 4.79 Å².